The van der Waals surface area contributed by atoms with Crippen molar-refractivity contribution in [2.45, 2.75) is 50.5 Å². The number of likely N-dealkylation sites (tertiary alicyclic amines) is 1. The molecule has 1 saturated heterocycles. The van der Waals surface area contributed by atoms with Crippen molar-refractivity contribution >= 4 is 12.0 Å². The predicted molar refractivity (Wildman–Crippen MR) is 75.7 cm³/mol. The first-order valence-corrected chi connectivity index (χ1v) is 7.60. The standard InChI is InChI=1S/C14H25N3O3/c18-12(19)11-14(5-4-6-14)16-13(20)15-7-10-17-8-2-1-3-9-17/h1-11H2,(H,18,19)(H2,15,16,20). The third-order valence-electron chi connectivity index (χ3n) is 4.34. The van der Waals surface area contributed by atoms with Crippen LogP contribution in [-0.2, 0) is 4.79 Å². The van der Waals surface area contributed by atoms with Crippen LogP contribution >= 0.6 is 0 Å². The van der Waals surface area contributed by atoms with Gasteiger partial charge in [0, 0.05) is 13.1 Å². The van der Waals surface area contributed by atoms with Gasteiger partial charge in [0.2, 0.25) is 0 Å². The number of nitrogens with one attached hydrogen (secondary N) is 2. The molecule has 2 fully saturated rings. The van der Waals surface area contributed by atoms with Gasteiger partial charge in [-0.25, -0.2) is 4.79 Å². The summed E-state index contributed by atoms with van der Waals surface area (Å²) in [6.45, 7) is 3.73. The van der Waals surface area contributed by atoms with Crippen LogP contribution in [0, 0.1) is 0 Å². The molecule has 0 aromatic carbocycles. The van der Waals surface area contributed by atoms with E-state index in [2.05, 4.69) is 15.5 Å². The summed E-state index contributed by atoms with van der Waals surface area (Å²) in [4.78, 5) is 25.0. The molecule has 6 heteroatoms. The highest BCUT2D eigenvalue weighted by Crippen LogP contribution is 2.34. The van der Waals surface area contributed by atoms with Crippen molar-refractivity contribution in [3.63, 3.8) is 0 Å². The SMILES string of the molecule is O=C(O)CC1(NC(=O)NCCN2CCCCC2)CCC1. The molecule has 6 nitrogen and oxygen atoms in total. The van der Waals surface area contributed by atoms with Crippen molar-refractivity contribution in [2.75, 3.05) is 26.2 Å². The van der Waals surface area contributed by atoms with E-state index in [-0.39, 0.29) is 12.5 Å². The zero-order valence-electron chi connectivity index (χ0n) is 12.0. The summed E-state index contributed by atoms with van der Waals surface area (Å²) in [5.74, 6) is -0.849. The minimum absolute atomic E-state index is 0.0204. The Morgan fingerprint density at radius 3 is 2.35 bits per heavy atom. The summed E-state index contributed by atoms with van der Waals surface area (Å²) in [5, 5.41) is 14.6. The molecule has 0 bridgehead atoms. The minimum atomic E-state index is -0.849. The second-order valence-electron chi connectivity index (χ2n) is 5.99. The maximum atomic E-state index is 11.8. The minimum Gasteiger partial charge on any atom is -0.481 e. The molecule has 2 aliphatic rings. The van der Waals surface area contributed by atoms with Crippen molar-refractivity contribution in [3.05, 3.63) is 0 Å². The number of hydrogen-bond acceptors (Lipinski definition) is 3. The highest BCUT2D eigenvalue weighted by molar-refractivity contribution is 5.77. The van der Waals surface area contributed by atoms with Crippen LogP contribution in [0.25, 0.3) is 0 Å². The predicted octanol–water partition coefficient (Wildman–Crippen LogP) is 1.17. The lowest BCUT2D eigenvalue weighted by molar-refractivity contribution is -0.139. The zero-order valence-corrected chi connectivity index (χ0v) is 12.0. The van der Waals surface area contributed by atoms with E-state index in [1.165, 1.54) is 19.3 Å². The van der Waals surface area contributed by atoms with Crippen LogP contribution in [0.5, 0.6) is 0 Å². The Morgan fingerprint density at radius 1 is 1.10 bits per heavy atom. The van der Waals surface area contributed by atoms with Gasteiger partial charge in [-0.2, -0.15) is 0 Å². The summed E-state index contributed by atoms with van der Waals surface area (Å²) in [7, 11) is 0. The Bertz CT molecular complexity index is 350. The van der Waals surface area contributed by atoms with Crippen LogP contribution < -0.4 is 10.6 Å². The number of hydrogen-bond donors (Lipinski definition) is 3. The molecule has 2 rings (SSSR count). The van der Waals surface area contributed by atoms with Crippen molar-refractivity contribution in [3.8, 4) is 0 Å². The van der Waals surface area contributed by atoms with Crippen LogP contribution in [0.15, 0.2) is 0 Å². The average molecular weight is 283 g/mol. The third kappa shape index (κ3) is 4.37. The van der Waals surface area contributed by atoms with Crippen molar-refractivity contribution in [1.82, 2.24) is 15.5 Å². The monoisotopic (exact) mass is 283 g/mol. The number of nitrogens with zero attached hydrogens (tertiary/aromatic N) is 1. The van der Waals surface area contributed by atoms with Crippen molar-refractivity contribution in [1.29, 1.82) is 0 Å². The molecule has 1 aliphatic heterocycles. The topological polar surface area (TPSA) is 81.7 Å². The lowest BCUT2D eigenvalue weighted by Crippen LogP contribution is -2.57. The normalized spacial score (nSPS) is 21.8. The summed E-state index contributed by atoms with van der Waals surface area (Å²) in [6.07, 6.45) is 6.33. The maximum Gasteiger partial charge on any atom is 0.315 e. The summed E-state index contributed by atoms with van der Waals surface area (Å²) in [5.41, 5.74) is -0.513. The Hall–Kier alpha value is -1.30. The van der Waals surface area contributed by atoms with Gasteiger partial charge in [0.25, 0.3) is 0 Å². The summed E-state index contributed by atoms with van der Waals surface area (Å²) >= 11 is 0. The largest absolute Gasteiger partial charge is 0.481 e. The quantitative estimate of drug-likeness (QED) is 0.683. The van der Waals surface area contributed by atoms with Gasteiger partial charge in [-0.3, -0.25) is 4.79 Å². The summed E-state index contributed by atoms with van der Waals surface area (Å²) < 4.78 is 0. The number of amides is 2. The average Bonchev–Trinajstić information content (AvgIpc) is 2.37. The molecule has 2 amide bonds. The van der Waals surface area contributed by atoms with Crippen molar-refractivity contribution < 1.29 is 14.7 Å². The van der Waals surface area contributed by atoms with Gasteiger partial charge in [-0.15, -0.1) is 0 Å². The Kier molecular flexibility index (Phi) is 5.23. The number of rotatable bonds is 6. The van der Waals surface area contributed by atoms with Gasteiger partial charge in [0.1, 0.15) is 0 Å². The van der Waals surface area contributed by atoms with E-state index < -0.39 is 11.5 Å². The number of carboxylic acids is 1. The van der Waals surface area contributed by atoms with E-state index in [0.29, 0.717) is 6.54 Å². The van der Waals surface area contributed by atoms with Gasteiger partial charge >= 0.3 is 12.0 Å². The second-order valence-corrected chi connectivity index (χ2v) is 5.99. The number of piperidine rings is 1. The van der Waals surface area contributed by atoms with E-state index in [9.17, 15) is 9.59 Å². The fraction of sp³-hybridized carbons (Fsp3) is 0.857. The van der Waals surface area contributed by atoms with E-state index in [4.69, 9.17) is 5.11 Å². The third-order valence-corrected chi connectivity index (χ3v) is 4.34. The maximum absolute atomic E-state index is 11.8. The molecule has 1 aliphatic carbocycles. The lowest BCUT2D eigenvalue weighted by Gasteiger charge is -2.41. The molecule has 0 aromatic heterocycles. The van der Waals surface area contributed by atoms with Gasteiger partial charge in [0.05, 0.1) is 12.0 Å². The molecule has 1 saturated carbocycles. The smallest absolute Gasteiger partial charge is 0.315 e. The first-order valence-electron chi connectivity index (χ1n) is 7.60. The highest BCUT2D eigenvalue weighted by atomic mass is 16.4. The molecule has 1 heterocycles. The van der Waals surface area contributed by atoms with E-state index in [1.807, 2.05) is 0 Å². The Morgan fingerprint density at radius 2 is 1.80 bits per heavy atom. The summed E-state index contributed by atoms with van der Waals surface area (Å²) in [6, 6.07) is -0.233. The highest BCUT2D eigenvalue weighted by Gasteiger charge is 2.40. The molecular weight excluding hydrogens is 258 g/mol. The fourth-order valence-corrected chi connectivity index (χ4v) is 3.03. The van der Waals surface area contributed by atoms with Gasteiger partial charge in [0.15, 0.2) is 0 Å². The molecule has 0 unspecified atom stereocenters. The first-order chi connectivity index (χ1) is 9.60. The van der Waals surface area contributed by atoms with Gasteiger partial charge in [-0.1, -0.05) is 6.42 Å². The molecule has 0 aromatic rings. The van der Waals surface area contributed by atoms with Crippen LogP contribution in [0.4, 0.5) is 4.79 Å². The number of aliphatic carboxylic acids is 1. The number of urea groups is 1. The Balaban J connectivity index is 1.65. The molecule has 20 heavy (non-hydrogen) atoms. The number of carboxylic acid groups (broad SMARTS) is 1. The first kappa shape index (κ1) is 15.1. The van der Waals surface area contributed by atoms with E-state index >= 15 is 0 Å². The fourth-order valence-electron chi connectivity index (χ4n) is 3.03. The van der Waals surface area contributed by atoms with Crippen molar-refractivity contribution in [2.24, 2.45) is 0 Å². The van der Waals surface area contributed by atoms with E-state index in [0.717, 1.165) is 38.9 Å². The lowest BCUT2D eigenvalue weighted by atomic mass is 9.74. The molecular formula is C14H25N3O3. The zero-order chi connectivity index (χ0) is 14.4. The Labute approximate surface area is 119 Å². The molecule has 3 N–H and O–H groups in total. The molecule has 0 spiro atoms. The second kappa shape index (κ2) is 6.92. The van der Waals surface area contributed by atoms with Crippen LogP contribution in [-0.4, -0.2) is 53.7 Å². The molecule has 114 valence electrons. The van der Waals surface area contributed by atoms with Crippen LogP contribution in [0.2, 0.25) is 0 Å². The number of carbonyl (C=O) groups excluding carboxylic acids is 1. The molecule has 0 atom stereocenters. The molecule has 0 radical (unpaired) electrons. The van der Waals surface area contributed by atoms with E-state index in [1.54, 1.807) is 0 Å². The van der Waals surface area contributed by atoms with Crippen LogP contribution in [0.1, 0.15) is 44.9 Å². The number of carbonyl (C=O) groups is 2. The van der Waals surface area contributed by atoms with Gasteiger partial charge in [-0.05, 0) is 45.2 Å². The van der Waals surface area contributed by atoms with Crippen LogP contribution in [0.3, 0.4) is 0 Å². The van der Waals surface area contributed by atoms with Gasteiger partial charge < -0.3 is 20.6 Å².